The van der Waals surface area contributed by atoms with Crippen LogP contribution < -0.4 is 11.1 Å². The number of amides is 2. The smallest absolute Gasteiger partial charge is 0.240 e. The second-order valence-electron chi connectivity index (χ2n) is 8.55. The zero-order valence-corrected chi connectivity index (χ0v) is 18.9. The lowest BCUT2D eigenvalue weighted by atomic mass is 9.90. The Kier molecular flexibility index (Phi) is 6.44. The Labute approximate surface area is 190 Å². The highest BCUT2D eigenvalue weighted by Gasteiger charge is 2.55. The van der Waals surface area contributed by atoms with Crippen molar-refractivity contribution in [2.75, 3.05) is 13.1 Å². The van der Waals surface area contributed by atoms with Crippen LogP contribution in [0.4, 0.5) is 4.39 Å². The van der Waals surface area contributed by atoms with E-state index in [-0.39, 0.29) is 17.8 Å². The molecule has 2 aromatic rings. The van der Waals surface area contributed by atoms with E-state index in [1.165, 1.54) is 12.1 Å². The minimum Gasteiger partial charge on any atom is -0.368 e. The number of benzene rings is 2. The van der Waals surface area contributed by atoms with E-state index in [4.69, 9.17) is 5.73 Å². The van der Waals surface area contributed by atoms with Crippen molar-refractivity contribution in [3.63, 3.8) is 0 Å². The number of hydrogen-bond acceptors (Lipinski definition) is 3. The highest BCUT2D eigenvalue weighted by molar-refractivity contribution is 9.10. The van der Waals surface area contributed by atoms with Crippen molar-refractivity contribution >= 4 is 27.7 Å². The van der Waals surface area contributed by atoms with E-state index in [0.717, 1.165) is 35.0 Å². The number of nitrogens with one attached hydrogen (secondary N) is 1. The topological polar surface area (TPSA) is 75.4 Å². The summed E-state index contributed by atoms with van der Waals surface area (Å²) in [6, 6.07) is 13.0. The molecule has 5 nitrogen and oxygen atoms in total. The summed E-state index contributed by atoms with van der Waals surface area (Å²) in [7, 11) is 0. The van der Waals surface area contributed by atoms with Crippen molar-refractivity contribution in [3.8, 4) is 0 Å². The van der Waals surface area contributed by atoms with Crippen LogP contribution in [0.3, 0.4) is 0 Å². The number of rotatable bonds is 7. The molecule has 4 rings (SSSR count). The van der Waals surface area contributed by atoms with Gasteiger partial charge in [-0.1, -0.05) is 40.2 Å². The number of nitrogens with two attached hydrogens (primary N) is 1. The van der Waals surface area contributed by atoms with Gasteiger partial charge in [-0.15, -0.1) is 0 Å². The fraction of sp³-hybridized carbons (Fsp3) is 0.417. The third kappa shape index (κ3) is 4.67. The summed E-state index contributed by atoms with van der Waals surface area (Å²) in [4.78, 5) is 28.4. The summed E-state index contributed by atoms with van der Waals surface area (Å²) >= 11 is 3.43. The maximum atomic E-state index is 14.0. The van der Waals surface area contributed by atoms with Gasteiger partial charge >= 0.3 is 0 Å². The van der Waals surface area contributed by atoms with Gasteiger partial charge in [-0.2, -0.15) is 0 Å². The van der Waals surface area contributed by atoms with Gasteiger partial charge in [0.25, 0.3) is 0 Å². The van der Waals surface area contributed by atoms with E-state index >= 15 is 0 Å². The molecule has 164 valence electrons. The van der Waals surface area contributed by atoms with E-state index in [1.807, 2.05) is 24.3 Å². The molecule has 2 atom stereocenters. The summed E-state index contributed by atoms with van der Waals surface area (Å²) in [5.74, 6) is -0.906. The van der Waals surface area contributed by atoms with Gasteiger partial charge in [0.1, 0.15) is 11.9 Å². The van der Waals surface area contributed by atoms with Crippen molar-refractivity contribution in [1.29, 1.82) is 0 Å². The van der Waals surface area contributed by atoms with E-state index < -0.39 is 17.4 Å². The highest BCUT2D eigenvalue weighted by atomic mass is 79.9. The summed E-state index contributed by atoms with van der Waals surface area (Å²) in [6.45, 7) is 1.53. The average Bonchev–Trinajstić information content (AvgIpc) is 3.58. The van der Waals surface area contributed by atoms with Crippen LogP contribution in [0.25, 0.3) is 0 Å². The molecule has 1 heterocycles. The monoisotopic (exact) mass is 487 g/mol. The maximum Gasteiger partial charge on any atom is 0.240 e. The number of primary amides is 1. The minimum absolute atomic E-state index is 0.0753. The van der Waals surface area contributed by atoms with E-state index in [2.05, 4.69) is 21.2 Å². The van der Waals surface area contributed by atoms with E-state index in [0.29, 0.717) is 25.8 Å². The quantitative estimate of drug-likeness (QED) is 0.628. The molecule has 0 bridgehead atoms. The molecular weight excluding hydrogens is 461 g/mol. The average molecular weight is 488 g/mol. The van der Waals surface area contributed by atoms with Crippen LogP contribution in [0, 0.1) is 5.82 Å². The summed E-state index contributed by atoms with van der Waals surface area (Å²) in [5.41, 5.74) is 6.92. The first kappa shape index (κ1) is 22.0. The number of piperidine rings is 1. The Hall–Kier alpha value is -2.25. The van der Waals surface area contributed by atoms with E-state index in [9.17, 15) is 14.0 Å². The lowest BCUT2D eigenvalue weighted by Crippen LogP contribution is -2.59. The molecule has 7 heteroatoms. The first-order chi connectivity index (χ1) is 14.9. The molecule has 1 aliphatic carbocycles. The zero-order chi connectivity index (χ0) is 22.0. The lowest BCUT2D eigenvalue weighted by Gasteiger charge is -2.41. The van der Waals surface area contributed by atoms with Crippen LogP contribution >= 0.6 is 15.9 Å². The first-order valence-corrected chi connectivity index (χ1v) is 11.5. The number of nitrogens with zero attached hydrogens (tertiary/aromatic N) is 1. The van der Waals surface area contributed by atoms with Crippen molar-refractivity contribution < 1.29 is 14.0 Å². The Balaban J connectivity index is 1.68. The van der Waals surface area contributed by atoms with Crippen LogP contribution in [-0.2, 0) is 21.4 Å². The predicted octanol–water partition coefficient (Wildman–Crippen LogP) is 3.30. The van der Waals surface area contributed by atoms with Gasteiger partial charge in [0, 0.05) is 23.5 Å². The van der Waals surface area contributed by atoms with Gasteiger partial charge in [0.2, 0.25) is 11.8 Å². The Bertz CT molecular complexity index is 938. The SMILES string of the molecule is NC(=O)[C@H](Cc1ccc(Br)cc1)N(C(=O)C1(c2ccc(F)cc2)CC1)[C@@H]1CCCNC1. The number of halogens is 2. The molecule has 2 fully saturated rings. The molecule has 1 saturated carbocycles. The Morgan fingerprint density at radius 2 is 1.84 bits per heavy atom. The van der Waals surface area contributed by atoms with Gasteiger partial charge in [-0.25, -0.2) is 4.39 Å². The molecule has 0 aromatic heterocycles. The summed E-state index contributed by atoms with van der Waals surface area (Å²) in [5, 5.41) is 3.35. The van der Waals surface area contributed by atoms with Crippen LogP contribution in [0.15, 0.2) is 53.0 Å². The predicted molar refractivity (Wildman–Crippen MR) is 121 cm³/mol. The molecule has 2 aliphatic rings. The largest absolute Gasteiger partial charge is 0.368 e. The van der Waals surface area contributed by atoms with Crippen LogP contribution in [0.2, 0.25) is 0 Å². The number of carbonyl (C=O) groups is 2. The Morgan fingerprint density at radius 1 is 1.16 bits per heavy atom. The normalized spacial score (nSPS) is 20.6. The summed E-state index contributed by atoms with van der Waals surface area (Å²) in [6.07, 6.45) is 3.50. The van der Waals surface area contributed by atoms with Crippen molar-refractivity contribution in [2.45, 2.75) is 49.6 Å². The molecule has 0 radical (unpaired) electrons. The third-order valence-corrected chi connectivity index (χ3v) is 6.99. The third-order valence-electron chi connectivity index (χ3n) is 6.46. The van der Waals surface area contributed by atoms with Crippen LogP contribution in [-0.4, -0.2) is 41.9 Å². The maximum absolute atomic E-state index is 14.0. The van der Waals surface area contributed by atoms with Crippen molar-refractivity contribution in [1.82, 2.24) is 10.2 Å². The van der Waals surface area contributed by atoms with Crippen molar-refractivity contribution in [3.05, 3.63) is 69.9 Å². The van der Waals surface area contributed by atoms with Crippen LogP contribution in [0.1, 0.15) is 36.8 Å². The lowest BCUT2D eigenvalue weighted by molar-refractivity contribution is -0.144. The van der Waals surface area contributed by atoms with Gasteiger partial charge in [-0.05, 0) is 67.6 Å². The van der Waals surface area contributed by atoms with E-state index in [1.54, 1.807) is 17.0 Å². The van der Waals surface area contributed by atoms with Gasteiger partial charge in [-0.3, -0.25) is 9.59 Å². The van der Waals surface area contributed by atoms with Gasteiger partial charge in [0.15, 0.2) is 0 Å². The van der Waals surface area contributed by atoms with Gasteiger partial charge in [0.05, 0.1) is 5.41 Å². The molecular formula is C24H27BrFN3O2. The molecule has 3 N–H and O–H groups in total. The number of hydrogen-bond donors (Lipinski definition) is 2. The molecule has 0 unspecified atom stereocenters. The fourth-order valence-electron chi connectivity index (χ4n) is 4.58. The second-order valence-corrected chi connectivity index (χ2v) is 9.47. The fourth-order valence-corrected chi connectivity index (χ4v) is 4.84. The van der Waals surface area contributed by atoms with Crippen molar-refractivity contribution in [2.24, 2.45) is 5.73 Å². The molecule has 2 amide bonds. The highest BCUT2D eigenvalue weighted by Crippen LogP contribution is 2.50. The zero-order valence-electron chi connectivity index (χ0n) is 17.3. The molecule has 1 aliphatic heterocycles. The summed E-state index contributed by atoms with van der Waals surface area (Å²) < 4.78 is 14.4. The minimum atomic E-state index is -0.739. The van der Waals surface area contributed by atoms with Crippen LogP contribution in [0.5, 0.6) is 0 Å². The number of carbonyl (C=O) groups excluding carboxylic acids is 2. The molecule has 2 aromatic carbocycles. The standard InChI is InChI=1S/C24H27BrFN3O2/c25-18-7-3-16(4-8-18)14-21(22(27)30)29(20-2-1-13-28-15-20)23(31)24(11-12-24)17-5-9-19(26)10-6-17/h3-10,20-21,28H,1-2,11-15H2,(H2,27,30)/t20-,21+/m1/s1. The Morgan fingerprint density at radius 3 is 2.39 bits per heavy atom. The first-order valence-electron chi connectivity index (χ1n) is 10.7. The molecule has 31 heavy (non-hydrogen) atoms. The molecule has 0 spiro atoms. The molecule has 1 saturated heterocycles. The second kappa shape index (κ2) is 9.09. The van der Waals surface area contributed by atoms with Gasteiger partial charge < -0.3 is 16.0 Å².